The highest BCUT2D eigenvalue weighted by molar-refractivity contribution is 14.1. The van der Waals surface area contributed by atoms with Crippen LogP contribution in [0.3, 0.4) is 0 Å². The van der Waals surface area contributed by atoms with Crippen LogP contribution in [0.5, 0.6) is 0 Å². The van der Waals surface area contributed by atoms with E-state index in [1.165, 1.54) is 16.8 Å². The Morgan fingerprint density at radius 1 is 1.36 bits per heavy atom. The molecule has 3 rings (SSSR count). The molecular formula is C17H16Cl2IN3O5. The molecule has 0 radical (unpaired) electrons. The van der Waals surface area contributed by atoms with E-state index in [0.717, 1.165) is 0 Å². The Bertz CT molecular complexity index is 975. The van der Waals surface area contributed by atoms with Gasteiger partial charge in [0.05, 0.1) is 12.5 Å². The summed E-state index contributed by atoms with van der Waals surface area (Å²) in [7, 11) is 0. The first-order valence-corrected chi connectivity index (χ1v) is 10.3. The van der Waals surface area contributed by atoms with Crippen LogP contribution in [0, 0.1) is 0 Å². The number of aliphatic hydroxyl groups is 1. The molecular weight excluding hydrogens is 524 g/mol. The number of H-pyrrole nitrogens is 1. The average molecular weight is 540 g/mol. The summed E-state index contributed by atoms with van der Waals surface area (Å²) in [5, 5.41) is 13.9. The van der Waals surface area contributed by atoms with Crippen LogP contribution in [0.2, 0.25) is 10.0 Å². The van der Waals surface area contributed by atoms with Gasteiger partial charge in [-0.05, 0) is 17.7 Å². The third-order valence-corrected chi connectivity index (χ3v) is 6.01. The number of ether oxygens (including phenoxy) is 1. The van der Waals surface area contributed by atoms with Crippen molar-refractivity contribution in [2.24, 2.45) is 0 Å². The van der Waals surface area contributed by atoms with Crippen LogP contribution in [0.1, 0.15) is 18.2 Å². The predicted molar refractivity (Wildman–Crippen MR) is 112 cm³/mol. The number of alkyl halides is 1. The Hall–Kier alpha value is -1.40. The Balaban J connectivity index is 1.65. The van der Waals surface area contributed by atoms with Crippen LogP contribution >= 0.6 is 45.8 Å². The van der Waals surface area contributed by atoms with Gasteiger partial charge in [0.2, 0.25) is 5.91 Å². The number of amides is 1. The van der Waals surface area contributed by atoms with E-state index in [0.29, 0.717) is 15.6 Å². The third kappa shape index (κ3) is 4.77. The molecule has 1 aromatic carbocycles. The Morgan fingerprint density at radius 2 is 2.04 bits per heavy atom. The highest BCUT2D eigenvalue weighted by Gasteiger charge is 2.40. The summed E-state index contributed by atoms with van der Waals surface area (Å²) in [4.78, 5) is 37.6. The topological polar surface area (TPSA) is 113 Å². The van der Waals surface area contributed by atoms with Crippen LogP contribution in [-0.2, 0) is 16.0 Å². The summed E-state index contributed by atoms with van der Waals surface area (Å²) in [6, 6.07) is 6.18. The van der Waals surface area contributed by atoms with Gasteiger partial charge >= 0.3 is 5.69 Å². The van der Waals surface area contributed by atoms with Crippen molar-refractivity contribution in [3.63, 3.8) is 0 Å². The van der Waals surface area contributed by atoms with E-state index in [1.54, 1.807) is 18.2 Å². The van der Waals surface area contributed by atoms with E-state index in [4.69, 9.17) is 27.9 Å². The highest BCUT2D eigenvalue weighted by Crippen LogP contribution is 2.31. The number of aromatic amines is 1. The van der Waals surface area contributed by atoms with Crippen LogP contribution in [0.4, 0.5) is 0 Å². The third-order valence-electron chi connectivity index (χ3n) is 4.28. The van der Waals surface area contributed by atoms with Crippen molar-refractivity contribution in [3.05, 3.63) is 66.9 Å². The normalized spacial score (nSPS) is 22.8. The molecule has 1 aliphatic rings. The molecule has 1 unspecified atom stereocenters. The van der Waals surface area contributed by atoms with Gasteiger partial charge in [-0.25, -0.2) is 4.79 Å². The standard InChI is InChI=1S/C17H16Cl2IN3O5/c18-9-2-1-3-10(19)8(9)6-13(26)21-16(20)15-11(24)7-14(28-15)23-5-4-12(25)22-17(23)27/h1-5,11,14-16,24H,6-7H2,(H,21,26)(H,22,25,27)/t11-,14+,15-,16?/m0/s1. The monoisotopic (exact) mass is 539 g/mol. The molecule has 0 aliphatic carbocycles. The number of aromatic nitrogens is 2. The van der Waals surface area contributed by atoms with Crippen LogP contribution in [-0.4, -0.2) is 36.8 Å². The first-order chi connectivity index (χ1) is 13.3. The lowest BCUT2D eigenvalue weighted by Crippen LogP contribution is -2.44. The van der Waals surface area contributed by atoms with Crippen LogP contribution in [0.15, 0.2) is 40.1 Å². The van der Waals surface area contributed by atoms with E-state index in [2.05, 4.69) is 10.3 Å². The molecule has 0 spiro atoms. The Morgan fingerprint density at radius 3 is 2.68 bits per heavy atom. The summed E-state index contributed by atoms with van der Waals surface area (Å²) in [5.74, 6) is -0.338. The number of nitrogens with one attached hydrogen (secondary N) is 2. The van der Waals surface area contributed by atoms with E-state index >= 15 is 0 Å². The van der Waals surface area contributed by atoms with Crippen molar-refractivity contribution in [3.8, 4) is 0 Å². The van der Waals surface area contributed by atoms with Crippen LogP contribution < -0.4 is 16.6 Å². The molecule has 4 atom stereocenters. The van der Waals surface area contributed by atoms with E-state index in [1.807, 2.05) is 22.6 Å². The lowest BCUT2D eigenvalue weighted by molar-refractivity contribution is -0.121. The molecule has 1 fully saturated rings. The summed E-state index contributed by atoms with van der Waals surface area (Å²) in [6.45, 7) is 0. The fraction of sp³-hybridized carbons (Fsp3) is 0.353. The quantitative estimate of drug-likeness (QED) is 0.303. The SMILES string of the molecule is O=C(Cc1c(Cl)cccc1Cl)NC(I)[C@H]1O[C@@H](n2ccc(=O)[nH]c2=O)C[C@@H]1O. The van der Waals surface area contributed by atoms with E-state index < -0.39 is 33.7 Å². The number of halogens is 3. The molecule has 8 nitrogen and oxygen atoms in total. The molecule has 0 bridgehead atoms. The smallest absolute Gasteiger partial charge is 0.330 e. The first kappa shape index (κ1) is 21.3. The number of hydrogen-bond acceptors (Lipinski definition) is 5. The summed E-state index contributed by atoms with van der Waals surface area (Å²) >= 11 is 14.1. The van der Waals surface area contributed by atoms with Gasteiger partial charge in [0, 0.05) is 28.7 Å². The fourth-order valence-corrected chi connectivity index (χ4v) is 4.44. The number of carbonyl (C=O) groups excluding carboxylic acids is 1. The second kappa shape index (κ2) is 8.95. The molecule has 3 N–H and O–H groups in total. The molecule has 28 heavy (non-hydrogen) atoms. The zero-order valence-electron chi connectivity index (χ0n) is 14.3. The molecule has 1 saturated heterocycles. The number of benzene rings is 1. The molecule has 2 heterocycles. The average Bonchev–Trinajstić information content (AvgIpc) is 3.00. The largest absolute Gasteiger partial charge is 0.390 e. The number of hydrogen-bond donors (Lipinski definition) is 3. The molecule has 1 aliphatic heterocycles. The van der Waals surface area contributed by atoms with Gasteiger partial charge in [0.25, 0.3) is 5.56 Å². The zero-order chi connectivity index (χ0) is 20.4. The van der Waals surface area contributed by atoms with Gasteiger partial charge in [-0.2, -0.15) is 0 Å². The predicted octanol–water partition coefficient (Wildman–Crippen LogP) is 1.61. The van der Waals surface area contributed by atoms with Gasteiger partial charge in [0.15, 0.2) is 0 Å². The van der Waals surface area contributed by atoms with Gasteiger partial charge in [0.1, 0.15) is 16.4 Å². The fourth-order valence-electron chi connectivity index (χ4n) is 2.91. The molecule has 150 valence electrons. The molecule has 1 amide bonds. The van der Waals surface area contributed by atoms with Crippen molar-refractivity contribution in [2.45, 2.75) is 35.3 Å². The maximum absolute atomic E-state index is 12.4. The van der Waals surface area contributed by atoms with E-state index in [-0.39, 0.29) is 18.7 Å². The number of aliphatic hydroxyl groups excluding tert-OH is 1. The molecule has 1 aromatic heterocycles. The molecule has 0 saturated carbocycles. The molecule has 2 aromatic rings. The van der Waals surface area contributed by atoms with Crippen molar-refractivity contribution in [1.82, 2.24) is 14.9 Å². The van der Waals surface area contributed by atoms with Gasteiger partial charge in [-0.3, -0.25) is 19.1 Å². The second-order valence-electron chi connectivity index (χ2n) is 6.22. The Kier molecular flexibility index (Phi) is 6.81. The van der Waals surface area contributed by atoms with Crippen LogP contribution in [0.25, 0.3) is 0 Å². The lowest BCUT2D eigenvalue weighted by Gasteiger charge is -2.22. The molecule has 11 heteroatoms. The summed E-state index contributed by atoms with van der Waals surface area (Å²) < 4.78 is 6.39. The maximum atomic E-state index is 12.4. The minimum absolute atomic E-state index is 0.0242. The zero-order valence-corrected chi connectivity index (χ0v) is 17.9. The van der Waals surface area contributed by atoms with Crippen molar-refractivity contribution in [1.29, 1.82) is 0 Å². The summed E-state index contributed by atoms with van der Waals surface area (Å²) in [5.41, 5.74) is -0.640. The first-order valence-electron chi connectivity index (χ1n) is 8.27. The van der Waals surface area contributed by atoms with Gasteiger partial charge in [-0.1, -0.05) is 51.9 Å². The number of carbonyl (C=O) groups is 1. The van der Waals surface area contributed by atoms with Crippen molar-refractivity contribution >= 4 is 51.7 Å². The minimum Gasteiger partial charge on any atom is -0.390 e. The minimum atomic E-state index is -0.907. The second-order valence-corrected chi connectivity index (χ2v) is 8.38. The lowest BCUT2D eigenvalue weighted by atomic mass is 10.1. The van der Waals surface area contributed by atoms with E-state index in [9.17, 15) is 19.5 Å². The van der Waals surface area contributed by atoms with Crippen molar-refractivity contribution in [2.75, 3.05) is 0 Å². The Labute approximate surface area is 182 Å². The number of nitrogens with zero attached hydrogens (tertiary/aromatic N) is 1. The highest BCUT2D eigenvalue weighted by atomic mass is 127. The summed E-state index contributed by atoms with van der Waals surface area (Å²) in [6.07, 6.45) is -0.978. The van der Waals surface area contributed by atoms with Crippen molar-refractivity contribution < 1.29 is 14.6 Å². The van der Waals surface area contributed by atoms with Gasteiger partial charge in [-0.15, -0.1) is 0 Å². The maximum Gasteiger partial charge on any atom is 0.330 e. The number of rotatable bonds is 5. The van der Waals surface area contributed by atoms with Gasteiger partial charge < -0.3 is 15.2 Å².